The molecule has 1 fully saturated rings. The molecule has 0 spiro atoms. The minimum Gasteiger partial charge on any atom is -0.380 e. The van der Waals surface area contributed by atoms with Crippen LogP contribution in [0.15, 0.2) is 0 Å². The molecule has 0 aromatic rings. The minimum absolute atomic E-state index is 0.0126. The Balaban J connectivity index is 2.63. The van der Waals surface area contributed by atoms with Crippen LogP contribution in [-0.2, 0) is 14.3 Å². The van der Waals surface area contributed by atoms with Gasteiger partial charge in [-0.15, -0.1) is 0 Å². The number of amides is 2. The molecule has 2 atom stereocenters. The second-order valence-corrected chi connectivity index (χ2v) is 4.38. The summed E-state index contributed by atoms with van der Waals surface area (Å²) in [6.07, 6.45) is 1.58. The highest BCUT2D eigenvalue weighted by atomic mass is 16.5. The molecule has 1 rings (SSSR count). The van der Waals surface area contributed by atoms with E-state index in [1.54, 1.807) is 4.90 Å². The number of nitrogens with one attached hydrogen (secondary N) is 1. The maximum Gasteiger partial charge on any atom is 0.245 e. The molecule has 0 bridgehead atoms. The fourth-order valence-corrected chi connectivity index (χ4v) is 1.97. The summed E-state index contributed by atoms with van der Waals surface area (Å²) < 4.78 is 5.30. The van der Waals surface area contributed by atoms with E-state index in [-0.39, 0.29) is 30.4 Å². The highest BCUT2D eigenvalue weighted by molar-refractivity contribution is 5.94. The Hall–Kier alpha value is -1.10. The van der Waals surface area contributed by atoms with Gasteiger partial charge in [-0.3, -0.25) is 9.59 Å². The Morgan fingerprint density at radius 2 is 2.18 bits per heavy atom. The number of nitrogens with zero attached hydrogens (tertiary/aromatic N) is 1. The molecule has 0 radical (unpaired) electrons. The number of hydrogen-bond acceptors (Lipinski definition) is 3. The molecule has 2 amide bonds. The van der Waals surface area contributed by atoms with Crippen LogP contribution in [0.1, 0.15) is 33.6 Å². The van der Waals surface area contributed by atoms with Crippen molar-refractivity contribution in [1.29, 1.82) is 0 Å². The van der Waals surface area contributed by atoms with Gasteiger partial charge in [0.1, 0.15) is 6.04 Å². The minimum atomic E-state index is -0.356. The molecule has 1 aliphatic rings. The van der Waals surface area contributed by atoms with Crippen LogP contribution in [0, 0.1) is 0 Å². The molecular formula is C12H22N2O3. The number of piperazine rings is 1. The quantitative estimate of drug-likeness (QED) is 0.739. The average Bonchev–Trinajstić information content (AvgIpc) is 2.30. The smallest absolute Gasteiger partial charge is 0.245 e. The summed E-state index contributed by atoms with van der Waals surface area (Å²) in [4.78, 5) is 25.3. The van der Waals surface area contributed by atoms with Gasteiger partial charge in [-0.1, -0.05) is 13.3 Å². The predicted octanol–water partition coefficient (Wildman–Crippen LogP) is 0.538. The topological polar surface area (TPSA) is 58.6 Å². The number of ether oxygens (including phenoxy) is 1. The van der Waals surface area contributed by atoms with Crippen LogP contribution in [0.2, 0.25) is 0 Å². The van der Waals surface area contributed by atoms with Crippen LogP contribution in [0.25, 0.3) is 0 Å². The maximum absolute atomic E-state index is 12.1. The zero-order chi connectivity index (χ0) is 12.8. The van der Waals surface area contributed by atoms with Gasteiger partial charge in [0.2, 0.25) is 11.8 Å². The van der Waals surface area contributed by atoms with Crippen molar-refractivity contribution in [2.75, 3.05) is 19.8 Å². The van der Waals surface area contributed by atoms with Crippen molar-refractivity contribution in [2.45, 2.75) is 45.7 Å². The van der Waals surface area contributed by atoms with E-state index in [0.29, 0.717) is 19.6 Å². The summed E-state index contributed by atoms with van der Waals surface area (Å²) in [6.45, 7) is 7.08. The molecule has 0 saturated carbocycles. The third-order valence-electron chi connectivity index (χ3n) is 2.90. The van der Waals surface area contributed by atoms with Gasteiger partial charge in [0, 0.05) is 6.61 Å². The number of hydrogen-bond donors (Lipinski definition) is 1. The van der Waals surface area contributed by atoms with E-state index < -0.39 is 0 Å². The van der Waals surface area contributed by atoms with E-state index in [1.165, 1.54) is 0 Å². The summed E-state index contributed by atoms with van der Waals surface area (Å²) in [7, 11) is 0. The van der Waals surface area contributed by atoms with Gasteiger partial charge < -0.3 is 15.0 Å². The van der Waals surface area contributed by atoms with Gasteiger partial charge in [-0.05, 0) is 20.3 Å². The first-order chi connectivity index (χ1) is 8.10. The van der Waals surface area contributed by atoms with Crippen molar-refractivity contribution < 1.29 is 14.3 Å². The lowest BCUT2D eigenvalue weighted by Gasteiger charge is -2.36. The van der Waals surface area contributed by atoms with Crippen LogP contribution in [0.4, 0.5) is 0 Å². The first-order valence-electron chi connectivity index (χ1n) is 6.27. The Morgan fingerprint density at radius 1 is 1.47 bits per heavy atom. The number of rotatable bonds is 6. The van der Waals surface area contributed by atoms with Gasteiger partial charge in [0.05, 0.1) is 19.2 Å². The normalized spacial score (nSPS) is 22.5. The molecule has 1 saturated heterocycles. The van der Waals surface area contributed by atoms with E-state index >= 15 is 0 Å². The number of carbonyl (C=O) groups is 2. The van der Waals surface area contributed by atoms with E-state index in [9.17, 15) is 9.59 Å². The molecule has 1 N–H and O–H groups in total. The second-order valence-electron chi connectivity index (χ2n) is 4.38. The van der Waals surface area contributed by atoms with Crippen LogP contribution >= 0.6 is 0 Å². The molecule has 1 heterocycles. The molecule has 17 heavy (non-hydrogen) atoms. The molecule has 0 aromatic heterocycles. The highest BCUT2D eigenvalue weighted by Gasteiger charge is 2.34. The third-order valence-corrected chi connectivity index (χ3v) is 2.90. The Kier molecular flexibility index (Phi) is 5.41. The Labute approximate surface area is 102 Å². The van der Waals surface area contributed by atoms with Crippen LogP contribution in [0.3, 0.4) is 0 Å². The lowest BCUT2D eigenvalue weighted by Crippen LogP contribution is -2.60. The first-order valence-corrected chi connectivity index (χ1v) is 6.27. The zero-order valence-electron chi connectivity index (χ0n) is 10.9. The summed E-state index contributed by atoms with van der Waals surface area (Å²) in [6, 6.07) is -0.404. The van der Waals surface area contributed by atoms with Crippen molar-refractivity contribution in [1.82, 2.24) is 10.2 Å². The Morgan fingerprint density at radius 3 is 2.76 bits per heavy atom. The monoisotopic (exact) mass is 242 g/mol. The van der Waals surface area contributed by atoms with E-state index in [4.69, 9.17) is 4.74 Å². The van der Waals surface area contributed by atoms with Crippen LogP contribution in [-0.4, -0.2) is 48.6 Å². The molecule has 0 aliphatic carbocycles. The zero-order valence-corrected chi connectivity index (χ0v) is 10.9. The van der Waals surface area contributed by atoms with Crippen molar-refractivity contribution in [3.05, 3.63) is 0 Å². The van der Waals surface area contributed by atoms with Gasteiger partial charge in [-0.25, -0.2) is 0 Å². The molecule has 0 aromatic carbocycles. The van der Waals surface area contributed by atoms with Gasteiger partial charge in [0.15, 0.2) is 0 Å². The summed E-state index contributed by atoms with van der Waals surface area (Å²) in [5, 5.41) is 2.74. The summed E-state index contributed by atoms with van der Waals surface area (Å²) in [5.41, 5.74) is 0. The van der Waals surface area contributed by atoms with Gasteiger partial charge in [0.25, 0.3) is 0 Å². The van der Waals surface area contributed by atoms with Crippen LogP contribution < -0.4 is 5.32 Å². The molecule has 98 valence electrons. The SMILES string of the molecule is CCCC1NC(=O)CN(C(C)COCC)C1=O. The standard InChI is InChI=1S/C12H22N2O3/c1-4-6-10-12(16)14(7-11(15)13-10)9(3)8-17-5-2/h9-10H,4-8H2,1-3H3,(H,13,15). The van der Waals surface area contributed by atoms with Crippen LogP contribution in [0.5, 0.6) is 0 Å². The van der Waals surface area contributed by atoms with Crippen molar-refractivity contribution >= 4 is 11.8 Å². The molecule has 5 heteroatoms. The van der Waals surface area contributed by atoms with Crippen molar-refractivity contribution in [3.63, 3.8) is 0 Å². The number of carbonyl (C=O) groups excluding carboxylic acids is 2. The van der Waals surface area contributed by atoms with Gasteiger partial charge in [-0.2, -0.15) is 0 Å². The lowest BCUT2D eigenvalue weighted by molar-refractivity contribution is -0.147. The fourth-order valence-electron chi connectivity index (χ4n) is 1.97. The predicted molar refractivity (Wildman–Crippen MR) is 64.5 cm³/mol. The van der Waals surface area contributed by atoms with Crippen molar-refractivity contribution in [3.8, 4) is 0 Å². The average molecular weight is 242 g/mol. The molecule has 5 nitrogen and oxygen atoms in total. The second kappa shape index (κ2) is 6.59. The summed E-state index contributed by atoms with van der Waals surface area (Å²) >= 11 is 0. The third kappa shape index (κ3) is 3.70. The van der Waals surface area contributed by atoms with Gasteiger partial charge >= 0.3 is 0 Å². The van der Waals surface area contributed by atoms with E-state index in [1.807, 2.05) is 20.8 Å². The lowest BCUT2D eigenvalue weighted by atomic mass is 10.1. The van der Waals surface area contributed by atoms with Crippen molar-refractivity contribution in [2.24, 2.45) is 0 Å². The largest absolute Gasteiger partial charge is 0.380 e. The fraction of sp³-hybridized carbons (Fsp3) is 0.833. The van der Waals surface area contributed by atoms with E-state index in [2.05, 4.69) is 5.32 Å². The maximum atomic E-state index is 12.1. The summed E-state index contributed by atoms with van der Waals surface area (Å²) in [5.74, 6) is -0.0648. The van der Waals surface area contributed by atoms with E-state index in [0.717, 1.165) is 6.42 Å². The Bertz CT molecular complexity index is 281. The highest BCUT2D eigenvalue weighted by Crippen LogP contribution is 2.11. The molecular weight excluding hydrogens is 220 g/mol. The molecule has 1 aliphatic heterocycles. The molecule has 2 unspecified atom stereocenters. The first kappa shape index (κ1) is 14.0.